The second kappa shape index (κ2) is 8.65. The Balaban J connectivity index is 0.00000225. The van der Waals surface area contributed by atoms with E-state index in [4.69, 9.17) is 0 Å². The predicted octanol–water partition coefficient (Wildman–Crippen LogP) is 3.28. The zero-order valence-corrected chi connectivity index (χ0v) is 14.9. The maximum atomic E-state index is 12.7. The first kappa shape index (κ1) is 19.0. The Morgan fingerprint density at radius 3 is 2.80 bits per heavy atom. The Morgan fingerprint density at radius 2 is 2.00 bits per heavy atom. The number of rotatable bonds is 5. The normalized spacial score (nSPS) is 15.6. The number of hydrogen-bond donors (Lipinski definition) is 3. The number of anilines is 2. The molecule has 3 rings (SSSR count). The molecule has 0 spiro atoms. The molecule has 1 unspecified atom stereocenters. The molecule has 5 nitrogen and oxygen atoms in total. The Hall–Kier alpha value is -2.37. The van der Waals surface area contributed by atoms with Crippen LogP contribution in [0.15, 0.2) is 48.5 Å². The topological polar surface area (TPSA) is 70.2 Å². The van der Waals surface area contributed by atoms with Crippen molar-refractivity contribution >= 4 is 35.6 Å². The quantitative estimate of drug-likeness (QED) is 0.767. The lowest BCUT2D eigenvalue weighted by Crippen LogP contribution is -2.30. The second-order valence-electron chi connectivity index (χ2n) is 5.86. The summed E-state index contributed by atoms with van der Waals surface area (Å²) in [6.07, 6.45) is 0.167. The molecular formula is C19H22ClN3O2. The lowest BCUT2D eigenvalue weighted by molar-refractivity contribution is -0.123. The molecule has 0 radical (unpaired) electrons. The van der Waals surface area contributed by atoms with Crippen LogP contribution in [0.2, 0.25) is 0 Å². The summed E-state index contributed by atoms with van der Waals surface area (Å²) in [5.41, 5.74) is 3.43. The molecule has 1 aliphatic heterocycles. The van der Waals surface area contributed by atoms with Gasteiger partial charge in [-0.15, -0.1) is 12.4 Å². The van der Waals surface area contributed by atoms with Crippen molar-refractivity contribution in [3.63, 3.8) is 0 Å². The highest BCUT2D eigenvalue weighted by atomic mass is 35.5. The molecule has 2 aromatic rings. The Labute approximate surface area is 153 Å². The number of carbonyl (C=O) groups is 2. The third kappa shape index (κ3) is 4.59. The highest BCUT2D eigenvalue weighted by molar-refractivity contribution is 6.05. The fraction of sp³-hybridized carbons (Fsp3) is 0.263. The van der Waals surface area contributed by atoms with Crippen molar-refractivity contribution in [1.82, 2.24) is 5.32 Å². The van der Waals surface area contributed by atoms with Gasteiger partial charge in [-0.05, 0) is 35.9 Å². The van der Waals surface area contributed by atoms with E-state index in [0.29, 0.717) is 0 Å². The zero-order chi connectivity index (χ0) is 16.9. The third-order valence-electron chi connectivity index (χ3n) is 4.09. The molecule has 0 aromatic heterocycles. The van der Waals surface area contributed by atoms with Gasteiger partial charge in [-0.1, -0.05) is 37.3 Å². The summed E-state index contributed by atoms with van der Waals surface area (Å²) in [6.45, 7) is 3.70. The van der Waals surface area contributed by atoms with Crippen molar-refractivity contribution in [3.8, 4) is 0 Å². The van der Waals surface area contributed by atoms with Gasteiger partial charge in [0.15, 0.2) is 0 Å². The van der Waals surface area contributed by atoms with Crippen molar-refractivity contribution in [2.45, 2.75) is 25.8 Å². The molecule has 6 heteroatoms. The van der Waals surface area contributed by atoms with Crippen molar-refractivity contribution in [3.05, 3.63) is 59.7 Å². The molecule has 2 aromatic carbocycles. The molecule has 2 amide bonds. The first-order chi connectivity index (χ1) is 11.7. The standard InChI is InChI=1S/C19H21N3O2.ClH/c1-2-20-12-13-6-5-7-14(10-13)21-19(24)16-11-18(23)22-17-9-4-3-8-15(16)17;/h3-10,16,20H,2,11-12H2,1H3,(H,21,24)(H,22,23);1H. The summed E-state index contributed by atoms with van der Waals surface area (Å²) in [5.74, 6) is -0.750. The van der Waals surface area contributed by atoms with E-state index >= 15 is 0 Å². The van der Waals surface area contributed by atoms with Crippen LogP contribution >= 0.6 is 12.4 Å². The van der Waals surface area contributed by atoms with Crippen LogP contribution in [0.1, 0.15) is 30.4 Å². The molecule has 0 bridgehead atoms. The fourth-order valence-corrected chi connectivity index (χ4v) is 2.90. The van der Waals surface area contributed by atoms with Crippen LogP contribution in [-0.4, -0.2) is 18.4 Å². The van der Waals surface area contributed by atoms with Gasteiger partial charge in [-0.3, -0.25) is 9.59 Å². The fourth-order valence-electron chi connectivity index (χ4n) is 2.90. The molecule has 25 heavy (non-hydrogen) atoms. The van der Waals surface area contributed by atoms with E-state index in [1.807, 2.05) is 48.5 Å². The van der Waals surface area contributed by atoms with Crippen molar-refractivity contribution in [2.24, 2.45) is 0 Å². The summed E-state index contributed by atoms with van der Waals surface area (Å²) in [5, 5.41) is 9.02. The monoisotopic (exact) mass is 359 g/mol. The van der Waals surface area contributed by atoms with Gasteiger partial charge in [0.1, 0.15) is 0 Å². The number of nitrogens with one attached hydrogen (secondary N) is 3. The second-order valence-corrected chi connectivity index (χ2v) is 5.86. The molecule has 1 atom stereocenters. The maximum Gasteiger partial charge on any atom is 0.232 e. The van der Waals surface area contributed by atoms with Gasteiger partial charge in [-0.2, -0.15) is 0 Å². The first-order valence-electron chi connectivity index (χ1n) is 8.16. The van der Waals surface area contributed by atoms with Crippen molar-refractivity contribution < 1.29 is 9.59 Å². The number of benzene rings is 2. The highest BCUT2D eigenvalue weighted by Crippen LogP contribution is 2.32. The average Bonchev–Trinajstić information content (AvgIpc) is 2.59. The van der Waals surface area contributed by atoms with Crippen molar-refractivity contribution in [1.29, 1.82) is 0 Å². The van der Waals surface area contributed by atoms with Gasteiger partial charge in [0.25, 0.3) is 0 Å². The van der Waals surface area contributed by atoms with Gasteiger partial charge in [0, 0.05) is 24.3 Å². The Bertz CT molecular complexity index is 764. The molecular weight excluding hydrogens is 338 g/mol. The van der Waals surface area contributed by atoms with E-state index in [-0.39, 0.29) is 30.6 Å². The summed E-state index contributed by atoms with van der Waals surface area (Å²) < 4.78 is 0. The van der Waals surface area contributed by atoms with Crippen LogP contribution in [0.3, 0.4) is 0 Å². The highest BCUT2D eigenvalue weighted by Gasteiger charge is 2.30. The van der Waals surface area contributed by atoms with E-state index in [1.165, 1.54) is 0 Å². The van der Waals surface area contributed by atoms with Crippen LogP contribution in [0.25, 0.3) is 0 Å². The van der Waals surface area contributed by atoms with Crippen LogP contribution < -0.4 is 16.0 Å². The maximum absolute atomic E-state index is 12.7. The van der Waals surface area contributed by atoms with Gasteiger partial charge in [0.2, 0.25) is 11.8 Å². The number of fused-ring (bicyclic) bond motifs is 1. The Kier molecular flexibility index (Phi) is 6.56. The molecule has 132 valence electrons. The largest absolute Gasteiger partial charge is 0.326 e. The van der Waals surface area contributed by atoms with Gasteiger partial charge < -0.3 is 16.0 Å². The number of para-hydroxylation sites is 1. The molecule has 0 fully saturated rings. The number of amides is 2. The molecule has 0 aliphatic carbocycles. The summed E-state index contributed by atoms with van der Waals surface area (Å²) >= 11 is 0. The van der Waals surface area contributed by atoms with Gasteiger partial charge in [-0.25, -0.2) is 0 Å². The molecule has 0 saturated heterocycles. The third-order valence-corrected chi connectivity index (χ3v) is 4.09. The SMILES string of the molecule is CCNCc1cccc(NC(=O)C2CC(=O)Nc3ccccc32)c1.Cl. The minimum Gasteiger partial charge on any atom is -0.326 e. The van der Waals surface area contributed by atoms with Crippen LogP contribution in [0.5, 0.6) is 0 Å². The van der Waals surface area contributed by atoms with Crippen LogP contribution in [0, 0.1) is 0 Å². The number of hydrogen-bond acceptors (Lipinski definition) is 3. The average molecular weight is 360 g/mol. The summed E-state index contributed by atoms with van der Waals surface area (Å²) in [6, 6.07) is 15.2. The molecule has 1 heterocycles. The van der Waals surface area contributed by atoms with Crippen molar-refractivity contribution in [2.75, 3.05) is 17.2 Å². The molecule has 0 saturated carbocycles. The predicted molar refractivity (Wildman–Crippen MR) is 102 cm³/mol. The van der Waals surface area contributed by atoms with Gasteiger partial charge in [0.05, 0.1) is 5.92 Å². The van der Waals surface area contributed by atoms with Crippen LogP contribution in [0.4, 0.5) is 11.4 Å². The zero-order valence-electron chi connectivity index (χ0n) is 14.0. The number of halogens is 1. The van der Waals surface area contributed by atoms with E-state index in [1.54, 1.807) is 0 Å². The molecule has 1 aliphatic rings. The smallest absolute Gasteiger partial charge is 0.232 e. The van der Waals surface area contributed by atoms with Gasteiger partial charge >= 0.3 is 0 Å². The minimum absolute atomic E-state index is 0. The summed E-state index contributed by atoms with van der Waals surface area (Å²) in [7, 11) is 0. The van der Waals surface area contributed by atoms with E-state index < -0.39 is 5.92 Å². The number of carbonyl (C=O) groups excluding carboxylic acids is 2. The van der Waals surface area contributed by atoms with E-state index in [9.17, 15) is 9.59 Å². The van der Waals surface area contributed by atoms with E-state index in [0.717, 1.165) is 35.6 Å². The van der Waals surface area contributed by atoms with E-state index in [2.05, 4.69) is 22.9 Å². The Morgan fingerprint density at radius 1 is 1.20 bits per heavy atom. The lowest BCUT2D eigenvalue weighted by atomic mass is 9.90. The minimum atomic E-state index is -0.465. The van der Waals surface area contributed by atoms with Crippen LogP contribution in [-0.2, 0) is 16.1 Å². The summed E-state index contributed by atoms with van der Waals surface area (Å²) in [4.78, 5) is 24.6. The first-order valence-corrected chi connectivity index (χ1v) is 8.16. The lowest BCUT2D eigenvalue weighted by Gasteiger charge is -2.24. The molecule has 3 N–H and O–H groups in total.